The van der Waals surface area contributed by atoms with Crippen LogP contribution in [0.3, 0.4) is 0 Å². The predicted octanol–water partition coefficient (Wildman–Crippen LogP) is 4.13. The molecule has 0 aliphatic heterocycles. The van der Waals surface area contributed by atoms with Crippen molar-refractivity contribution in [3.63, 3.8) is 0 Å². The van der Waals surface area contributed by atoms with Gasteiger partial charge in [-0.1, -0.05) is 17.7 Å². The van der Waals surface area contributed by atoms with Crippen LogP contribution in [0.4, 0.5) is 13.2 Å². The molecule has 0 radical (unpaired) electrons. The molecule has 21 heavy (non-hydrogen) atoms. The first-order chi connectivity index (χ1) is 9.54. The van der Waals surface area contributed by atoms with Crippen molar-refractivity contribution >= 4 is 37.6 Å². The first kappa shape index (κ1) is 18.5. The second-order valence-electron chi connectivity index (χ2n) is 3.99. The van der Waals surface area contributed by atoms with E-state index in [2.05, 4.69) is 20.1 Å². The van der Waals surface area contributed by atoms with E-state index < -0.39 is 28.3 Å². The minimum Gasteiger partial charge on any atom is -0.489 e. The quantitative estimate of drug-likeness (QED) is 0.522. The molecule has 0 aliphatic rings. The van der Waals surface area contributed by atoms with Gasteiger partial charge in [-0.2, -0.15) is 21.6 Å². The molecule has 10 heteroatoms. The predicted molar refractivity (Wildman–Crippen MR) is 74.8 cm³/mol. The van der Waals surface area contributed by atoms with Crippen LogP contribution in [-0.4, -0.2) is 26.6 Å². The molecule has 1 aromatic rings. The SMILES string of the molecule is C[C@@H](CCOS(=O)(=O)C(F)(F)F)Oc1cccc(Br)c1Cl. The van der Waals surface area contributed by atoms with Crippen LogP contribution in [-0.2, 0) is 14.3 Å². The zero-order valence-corrected chi connectivity index (χ0v) is 13.8. The highest BCUT2D eigenvalue weighted by Crippen LogP contribution is 2.32. The van der Waals surface area contributed by atoms with Crippen molar-refractivity contribution in [3.05, 3.63) is 27.7 Å². The molecular weight excluding hydrogens is 401 g/mol. The van der Waals surface area contributed by atoms with Gasteiger partial charge in [-0.15, -0.1) is 0 Å². The second-order valence-corrected chi connectivity index (χ2v) is 6.83. The maximum absolute atomic E-state index is 12.0. The lowest BCUT2D eigenvalue weighted by molar-refractivity contribution is -0.0546. The van der Waals surface area contributed by atoms with Crippen molar-refractivity contribution in [3.8, 4) is 5.75 Å². The highest BCUT2D eigenvalue weighted by Gasteiger charge is 2.47. The Morgan fingerprint density at radius 2 is 2.00 bits per heavy atom. The third-order valence-electron chi connectivity index (χ3n) is 2.29. The van der Waals surface area contributed by atoms with Gasteiger partial charge in [0.1, 0.15) is 5.75 Å². The van der Waals surface area contributed by atoms with Crippen LogP contribution < -0.4 is 4.74 Å². The van der Waals surface area contributed by atoms with Gasteiger partial charge < -0.3 is 4.74 Å². The van der Waals surface area contributed by atoms with Crippen LogP contribution in [0.2, 0.25) is 5.02 Å². The largest absolute Gasteiger partial charge is 0.523 e. The van der Waals surface area contributed by atoms with Crippen molar-refractivity contribution in [2.75, 3.05) is 6.61 Å². The van der Waals surface area contributed by atoms with Crippen LogP contribution in [0.25, 0.3) is 0 Å². The smallest absolute Gasteiger partial charge is 0.489 e. The van der Waals surface area contributed by atoms with E-state index in [1.807, 2.05) is 0 Å². The molecule has 1 atom stereocenters. The van der Waals surface area contributed by atoms with E-state index in [1.54, 1.807) is 25.1 Å². The number of hydrogen-bond donors (Lipinski definition) is 0. The summed E-state index contributed by atoms with van der Waals surface area (Å²) < 4.78 is 67.3. The Balaban J connectivity index is 2.53. The molecule has 1 aromatic carbocycles. The number of ether oxygens (including phenoxy) is 1. The highest BCUT2D eigenvalue weighted by molar-refractivity contribution is 9.10. The van der Waals surface area contributed by atoms with Crippen LogP contribution in [0.15, 0.2) is 22.7 Å². The topological polar surface area (TPSA) is 52.6 Å². The molecule has 0 spiro atoms. The van der Waals surface area contributed by atoms with E-state index in [9.17, 15) is 21.6 Å². The monoisotopic (exact) mass is 410 g/mol. The van der Waals surface area contributed by atoms with Gasteiger partial charge in [0.25, 0.3) is 0 Å². The first-order valence-electron chi connectivity index (χ1n) is 5.61. The summed E-state index contributed by atoms with van der Waals surface area (Å²) in [6.07, 6.45) is -0.641. The lowest BCUT2D eigenvalue weighted by Crippen LogP contribution is -2.27. The number of alkyl halides is 3. The Morgan fingerprint density at radius 3 is 2.57 bits per heavy atom. The molecule has 0 fully saturated rings. The lowest BCUT2D eigenvalue weighted by Gasteiger charge is -2.16. The molecule has 0 saturated heterocycles. The van der Waals surface area contributed by atoms with E-state index in [0.717, 1.165) is 0 Å². The summed E-state index contributed by atoms with van der Waals surface area (Å²) >= 11 is 9.15. The average molecular weight is 412 g/mol. The molecule has 0 amide bonds. The molecule has 1 rings (SSSR count). The van der Waals surface area contributed by atoms with Crippen molar-refractivity contribution in [2.24, 2.45) is 0 Å². The summed E-state index contributed by atoms with van der Waals surface area (Å²) in [6, 6.07) is 4.94. The molecule has 0 bridgehead atoms. The van der Waals surface area contributed by atoms with E-state index in [4.69, 9.17) is 16.3 Å². The molecule has 0 unspecified atom stereocenters. The summed E-state index contributed by atoms with van der Waals surface area (Å²) in [5.41, 5.74) is -5.43. The zero-order valence-electron chi connectivity index (χ0n) is 10.7. The summed E-state index contributed by atoms with van der Waals surface area (Å²) in [4.78, 5) is 0. The Bertz CT molecular complexity index is 592. The number of halogens is 5. The summed E-state index contributed by atoms with van der Waals surface area (Å²) in [5.74, 6) is 0.331. The molecule has 0 N–H and O–H groups in total. The fourth-order valence-electron chi connectivity index (χ4n) is 1.24. The number of rotatable bonds is 6. The summed E-state index contributed by atoms with van der Waals surface area (Å²) in [6.45, 7) is 0.912. The van der Waals surface area contributed by atoms with Gasteiger partial charge in [-0.25, -0.2) is 0 Å². The van der Waals surface area contributed by atoms with Crippen LogP contribution in [0, 0.1) is 0 Å². The highest BCUT2D eigenvalue weighted by atomic mass is 79.9. The fraction of sp³-hybridized carbons (Fsp3) is 0.455. The third kappa shape index (κ3) is 5.32. The maximum atomic E-state index is 12.0. The molecule has 0 saturated carbocycles. The molecule has 0 heterocycles. The molecule has 4 nitrogen and oxygen atoms in total. The van der Waals surface area contributed by atoms with Crippen molar-refractivity contribution in [1.82, 2.24) is 0 Å². The van der Waals surface area contributed by atoms with E-state index >= 15 is 0 Å². The fourth-order valence-corrected chi connectivity index (χ4v) is 2.21. The van der Waals surface area contributed by atoms with Crippen molar-refractivity contribution in [1.29, 1.82) is 0 Å². The van der Waals surface area contributed by atoms with Gasteiger partial charge in [0.2, 0.25) is 0 Å². The minimum atomic E-state index is -5.57. The first-order valence-corrected chi connectivity index (χ1v) is 8.19. The average Bonchev–Trinajstić information content (AvgIpc) is 2.33. The van der Waals surface area contributed by atoms with E-state index in [1.165, 1.54) is 0 Å². The lowest BCUT2D eigenvalue weighted by atomic mass is 10.3. The van der Waals surface area contributed by atoms with E-state index in [0.29, 0.717) is 15.2 Å². The van der Waals surface area contributed by atoms with Gasteiger partial charge in [-0.05, 0) is 35.0 Å². The van der Waals surface area contributed by atoms with Crippen LogP contribution in [0.1, 0.15) is 13.3 Å². The summed E-state index contributed by atoms with van der Waals surface area (Å²) in [7, 11) is -5.57. The van der Waals surface area contributed by atoms with Crippen molar-refractivity contribution < 1.29 is 30.5 Å². The standard InChI is InChI=1S/C11H11BrClF3O4S/c1-7(5-6-19-21(17,18)11(14,15)16)20-9-4-2-3-8(12)10(9)13/h2-4,7H,5-6H2,1H3/t7-/m0/s1. The Hall–Kier alpha value is -0.510. The molecule has 120 valence electrons. The second kappa shape index (κ2) is 7.17. The van der Waals surface area contributed by atoms with E-state index in [-0.39, 0.29) is 6.42 Å². The minimum absolute atomic E-state index is 0.0574. The molecule has 0 aromatic heterocycles. The van der Waals surface area contributed by atoms with Crippen LogP contribution in [0.5, 0.6) is 5.75 Å². The maximum Gasteiger partial charge on any atom is 0.523 e. The van der Waals surface area contributed by atoms with Crippen LogP contribution >= 0.6 is 27.5 Å². The normalized spacial score (nSPS) is 14.0. The summed E-state index contributed by atoms with van der Waals surface area (Å²) in [5, 5.41) is 0.313. The molecule has 0 aliphatic carbocycles. The van der Waals surface area contributed by atoms with Gasteiger partial charge >= 0.3 is 15.6 Å². The Morgan fingerprint density at radius 1 is 1.38 bits per heavy atom. The van der Waals surface area contributed by atoms with Gasteiger partial charge in [0, 0.05) is 10.9 Å². The Kier molecular flexibility index (Phi) is 6.33. The third-order valence-corrected chi connectivity index (χ3v) is 4.61. The molecular formula is C11H11BrClF3O4S. The number of hydrogen-bond acceptors (Lipinski definition) is 4. The van der Waals surface area contributed by atoms with Gasteiger partial charge in [0.05, 0.1) is 17.7 Å². The van der Waals surface area contributed by atoms with Gasteiger partial charge in [0.15, 0.2) is 0 Å². The van der Waals surface area contributed by atoms with Crippen molar-refractivity contribution in [2.45, 2.75) is 25.0 Å². The zero-order chi connectivity index (χ0) is 16.3. The van der Waals surface area contributed by atoms with Gasteiger partial charge in [-0.3, -0.25) is 4.18 Å². The Labute approximate surface area is 133 Å². The number of benzene rings is 1.